The maximum absolute atomic E-state index is 11.4. The largest absolute Gasteiger partial charge is 0.456 e. The Morgan fingerprint density at radius 1 is 0.947 bits per heavy atom. The second kappa shape index (κ2) is 5.14. The van der Waals surface area contributed by atoms with Crippen LogP contribution in [-0.2, 0) is 0 Å². The summed E-state index contributed by atoms with van der Waals surface area (Å²) < 4.78 is 5.84. The molecule has 98 valence electrons. The number of nitrogens with two attached hydrogens (primary N) is 1. The Labute approximate surface area is 113 Å². The van der Waals surface area contributed by atoms with Crippen molar-refractivity contribution in [3.8, 4) is 11.5 Å². The quantitative estimate of drug-likeness (QED) is 0.912. The molecule has 2 N–H and O–H groups in total. The van der Waals surface area contributed by atoms with Crippen molar-refractivity contribution in [2.24, 2.45) is 5.73 Å². The number of carbonyl (C=O) groups is 1. The Kier molecular flexibility index (Phi) is 3.56. The number of benzene rings is 2. The molecule has 0 heterocycles. The minimum absolute atomic E-state index is 0.389. The van der Waals surface area contributed by atoms with Crippen molar-refractivity contribution in [1.82, 2.24) is 0 Å². The highest BCUT2D eigenvalue weighted by Crippen LogP contribution is 2.29. The van der Waals surface area contributed by atoms with E-state index in [4.69, 9.17) is 10.5 Å². The van der Waals surface area contributed by atoms with E-state index < -0.39 is 5.91 Å². The van der Waals surface area contributed by atoms with Gasteiger partial charge in [0.15, 0.2) is 0 Å². The lowest BCUT2D eigenvalue weighted by atomic mass is 10.1. The molecule has 0 aliphatic rings. The number of aryl methyl sites for hydroxylation is 3. The number of primary amides is 1. The minimum atomic E-state index is -0.489. The van der Waals surface area contributed by atoms with Crippen LogP contribution < -0.4 is 10.5 Å². The van der Waals surface area contributed by atoms with Gasteiger partial charge < -0.3 is 10.5 Å². The summed E-state index contributed by atoms with van der Waals surface area (Å²) in [6.07, 6.45) is 0. The molecule has 2 aromatic carbocycles. The molecular formula is C16H17NO2. The number of carbonyl (C=O) groups excluding carboxylic acids is 1. The molecule has 0 aliphatic carbocycles. The molecule has 0 atom stereocenters. The van der Waals surface area contributed by atoms with Crippen molar-refractivity contribution in [3.05, 3.63) is 58.7 Å². The van der Waals surface area contributed by atoms with Gasteiger partial charge in [0.2, 0.25) is 0 Å². The zero-order valence-corrected chi connectivity index (χ0v) is 11.4. The van der Waals surface area contributed by atoms with Crippen LogP contribution in [-0.4, -0.2) is 5.91 Å². The van der Waals surface area contributed by atoms with Gasteiger partial charge in [-0.05, 0) is 55.7 Å². The Morgan fingerprint density at radius 2 is 1.58 bits per heavy atom. The summed E-state index contributed by atoms with van der Waals surface area (Å²) in [6.45, 7) is 6.07. The highest BCUT2D eigenvalue weighted by atomic mass is 16.5. The van der Waals surface area contributed by atoms with E-state index in [1.54, 1.807) is 18.2 Å². The van der Waals surface area contributed by atoms with Crippen LogP contribution in [0.15, 0.2) is 36.4 Å². The first kappa shape index (κ1) is 13.1. The highest BCUT2D eigenvalue weighted by molar-refractivity contribution is 5.95. The van der Waals surface area contributed by atoms with E-state index >= 15 is 0 Å². The molecular weight excluding hydrogens is 238 g/mol. The molecule has 3 nitrogen and oxygen atoms in total. The lowest BCUT2D eigenvalue weighted by Crippen LogP contribution is -2.12. The Hall–Kier alpha value is -2.29. The smallest absolute Gasteiger partial charge is 0.252 e. The van der Waals surface area contributed by atoms with Gasteiger partial charge in [-0.15, -0.1) is 0 Å². The summed E-state index contributed by atoms with van der Waals surface area (Å²) >= 11 is 0. The summed E-state index contributed by atoms with van der Waals surface area (Å²) in [4.78, 5) is 11.4. The summed E-state index contributed by atoms with van der Waals surface area (Å²) in [6, 6.07) is 11.0. The van der Waals surface area contributed by atoms with Gasteiger partial charge in [-0.25, -0.2) is 0 Å². The SMILES string of the molecule is Cc1cc(C)c(Oc2ccccc2C(N)=O)cc1C. The summed E-state index contributed by atoms with van der Waals surface area (Å²) in [7, 11) is 0. The predicted molar refractivity (Wildman–Crippen MR) is 75.7 cm³/mol. The molecule has 0 radical (unpaired) electrons. The van der Waals surface area contributed by atoms with Crippen LogP contribution in [0.25, 0.3) is 0 Å². The van der Waals surface area contributed by atoms with Gasteiger partial charge in [-0.3, -0.25) is 4.79 Å². The molecule has 0 bridgehead atoms. The van der Waals surface area contributed by atoms with Gasteiger partial charge in [-0.2, -0.15) is 0 Å². The monoisotopic (exact) mass is 255 g/mol. The molecule has 1 amide bonds. The fraction of sp³-hybridized carbons (Fsp3) is 0.188. The highest BCUT2D eigenvalue weighted by Gasteiger charge is 2.11. The third-order valence-corrected chi connectivity index (χ3v) is 3.16. The van der Waals surface area contributed by atoms with Crippen LogP contribution in [0.5, 0.6) is 11.5 Å². The van der Waals surface area contributed by atoms with E-state index in [1.165, 1.54) is 5.56 Å². The summed E-state index contributed by atoms with van der Waals surface area (Å²) in [5, 5.41) is 0. The average Bonchev–Trinajstić information content (AvgIpc) is 2.36. The predicted octanol–water partition coefficient (Wildman–Crippen LogP) is 3.50. The Bertz CT molecular complexity index is 633. The van der Waals surface area contributed by atoms with E-state index in [0.29, 0.717) is 11.3 Å². The first-order valence-corrected chi connectivity index (χ1v) is 6.13. The first-order chi connectivity index (χ1) is 8.99. The van der Waals surface area contributed by atoms with E-state index in [9.17, 15) is 4.79 Å². The van der Waals surface area contributed by atoms with Crippen LogP contribution in [0.4, 0.5) is 0 Å². The molecule has 0 saturated heterocycles. The molecule has 0 spiro atoms. The molecule has 0 aliphatic heterocycles. The first-order valence-electron chi connectivity index (χ1n) is 6.13. The molecule has 2 rings (SSSR count). The Balaban J connectivity index is 2.42. The zero-order valence-electron chi connectivity index (χ0n) is 11.4. The van der Waals surface area contributed by atoms with Gasteiger partial charge in [0, 0.05) is 0 Å². The van der Waals surface area contributed by atoms with Gasteiger partial charge in [0.05, 0.1) is 5.56 Å². The maximum atomic E-state index is 11.4. The Morgan fingerprint density at radius 3 is 2.26 bits per heavy atom. The van der Waals surface area contributed by atoms with Gasteiger partial charge in [0.1, 0.15) is 11.5 Å². The normalized spacial score (nSPS) is 10.3. The molecule has 0 unspecified atom stereocenters. The fourth-order valence-corrected chi connectivity index (χ4v) is 1.92. The van der Waals surface area contributed by atoms with Crippen molar-refractivity contribution < 1.29 is 9.53 Å². The van der Waals surface area contributed by atoms with E-state index in [-0.39, 0.29) is 0 Å². The second-order valence-corrected chi connectivity index (χ2v) is 4.66. The third kappa shape index (κ3) is 2.76. The molecule has 3 heteroatoms. The van der Waals surface area contributed by atoms with Crippen molar-refractivity contribution in [2.75, 3.05) is 0 Å². The number of rotatable bonds is 3. The zero-order chi connectivity index (χ0) is 14.0. The topological polar surface area (TPSA) is 52.3 Å². The van der Waals surface area contributed by atoms with Crippen molar-refractivity contribution in [2.45, 2.75) is 20.8 Å². The van der Waals surface area contributed by atoms with Crippen molar-refractivity contribution in [1.29, 1.82) is 0 Å². The number of amides is 1. The van der Waals surface area contributed by atoms with Crippen molar-refractivity contribution >= 4 is 5.91 Å². The van der Waals surface area contributed by atoms with Crippen LogP contribution in [0.2, 0.25) is 0 Å². The summed E-state index contributed by atoms with van der Waals surface area (Å²) in [5.41, 5.74) is 9.13. The number of hydrogen-bond acceptors (Lipinski definition) is 2. The van der Waals surface area contributed by atoms with Gasteiger partial charge >= 0.3 is 0 Å². The molecule has 0 fully saturated rings. The third-order valence-electron chi connectivity index (χ3n) is 3.16. The van der Waals surface area contributed by atoms with Crippen LogP contribution in [0.1, 0.15) is 27.0 Å². The van der Waals surface area contributed by atoms with Crippen LogP contribution in [0, 0.1) is 20.8 Å². The molecule has 0 saturated carbocycles. The molecule has 0 aromatic heterocycles. The number of hydrogen-bond donors (Lipinski definition) is 1. The minimum Gasteiger partial charge on any atom is -0.456 e. The summed E-state index contributed by atoms with van der Waals surface area (Å²) in [5.74, 6) is 0.746. The molecule has 2 aromatic rings. The van der Waals surface area contributed by atoms with Crippen LogP contribution >= 0.6 is 0 Å². The standard InChI is InChI=1S/C16H17NO2/c1-10-8-12(3)15(9-11(10)2)19-14-7-5-4-6-13(14)16(17)18/h4-9H,1-3H3,(H2,17,18). The maximum Gasteiger partial charge on any atom is 0.252 e. The second-order valence-electron chi connectivity index (χ2n) is 4.66. The average molecular weight is 255 g/mol. The van der Waals surface area contributed by atoms with Crippen LogP contribution in [0.3, 0.4) is 0 Å². The lowest BCUT2D eigenvalue weighted by molar-refractivity contribution is 0.0998. The number of ether oxygens (including phenoxy) is 1. The van der Waals surface area contributed by atoms with E-state index in [0.717, 1.165) is 16.9 Å². The van der Waals surface area contributed by atoms with E-state index in [1.807, 2.05) is 26.0 Å². The lowest BCUT2D eigenvalue weighted by Gasteiger charge is -2.13. The number of para-hydroxylation sites is 1. The van der Waals surface area contributed by atoms with E-state index in [2.05, 4.69) is 13.0 Å². The van der Waals surface area contributed by atoms with Gasteiger partial charge in [-0.1, -0.05) is 18.2 Å². The van der Waals surface area contributed by atoms with Gasteiger partial charge in [0.25, 0.3) is 5.91 Å². The van der Waals surface area contributed by atoms with Crippen molar-refractivity contribution in [3.63, 3.8) is 0 Å². The fourth-order valence-electron chi connectivity index (χ4n) is 1.92. The molecule has 19 heavy (non-hydrogen) atoms.